The highest BCUT2D eigenvalue weighted by Crippen LogP contribution is 2.03. The average Bonchev–Trinajstić information content (AvgIpc) is 2.27. The van der Waals surface area contributed by atoms with Gasteiger partial charge in [0.05, 0.1) is 0 Å². The summed E-state index contributed by atoms with van der Waals surface area (Å²) in [5.74, 6) is -0.444. The maximum Gasteiger partial charge on any atom is 0.251 e. The van der Waals surface area contributed by atoms with E-state index in [1.807, 2.05) is 19.1 Å². The van der Waals surface area contributed by atoms with Crippen LogP contribution in [0.1, 0.15) is 22.8 Å². The molecule has 0 aliphatic carbocycles. The van der Waals surface area contributed by atoms with Gasteiger partial charge in [-0.1, -0.05) is 17.7 Å². The molecule has 0 saturated carbocycles. The summed E-state index contributed by atoms with van der Waals surface area (Å²) in [7, 11) is 1.54. The first kappa shape index (κ1) is 12.2. The fourth-order valence-electron chi connectivity index (χ4n) is 1.35. The predicted molar refractivity (Wildman–Crippen MR) is 62.2 cm³/mol. The Labute approximate surface area is 95.0 Å². The fraction of sp³-hybridized carbons (Fsp3) is 0.333. The van der Waals surface area contributed by atoms with Crippen LogP contribution < -0.4 is 10.6 Å². The Kier molecular flexibility index (Phi) is 4.05. The minimum atomic E-state index is -0.530. The van der Waals surface area contributed by atoms with Gasteiger partial charge in [-0.25, -0.2) is 0 Å². The molecule has 0 aromatic heterocycles. The number of nitrogens with one attached hydrogen (secondary N) is 2. The molecule has 0 heterocycles. The van der Waals surface area contributed by atoms with E-state index >= 15 is 0 Å². The molecular formula is C12H16N2O2. The predicted octanol–water partition coefficient (Wildman–Crippen LogP) is 0.859. The molecule has 1 aromatic rings. The van der Waals surface area contributed by atoms with Gasteiger partial charge in [-0.3, -0.25) is 9.59 Å². The first-order valence-electron chi connectivity index (χ1n) is 5.13. The van der Waals surface area contributed by atoms with Gasteiger partial charge in [0, 0.05) is 12.6 Å². The molecule has 0 radical (unpaired) electrons. The lowest BCUT2D eigenvalue weighted by molar-refractivity contribution is -0.122. The molecule has 0 aliphatic heterocycles. The molecule has 16 heavy (non-hydrogen) atoms. The third-order valence-corrected chi connectivity index (χ3v) is 2.27. The van der Waals surface area contributed by atoms with E-state index in [1.54, 1.807) is 19.1 Å². The Morgan fingerprint density at radius 2 is 2.00 bits per heavy atom. The summed E-state index contributed by atoms with van der Waals surface area (Å²) in [5.41, 5.74) is 1.58. The summed E-state index contributed by atoms with van der Waals surface area (Å²) in [5, 5.41) is 5.10. The maximum atomic E-state index is 11.7. The van der Waals surface area contributed by atoms with Crippen molar-refractivity contribution in [2.24, 2.45) is 0 Å². The van der Waals surface area contributed by atoms with Crippen molar-refractivity contribution in [2.75, 3.05) is 7.05 Å². The Morgan fingerprint density at radius 1 is 1.31 bits per heavy atom. The number of hydrogen-bond donors (Lipinski definition) is 2. The Balaban J connectivity index is 2.69. The molecular weight excluding hydrogens is 204 g/mol. The van der Waals surface area contributed by atoms with Crippen LogP contribution in [0.5, 0.6) is 0 Å². The molecule has 2 amide bonds. The van der Waals surface area contributed by atoms with E-state index in [0.717, 1.165) is 5.56 Å². The highest BCUT2D eigenvalue weighted by Gasteiger charge is 2.14. The summed E-state index contributed by atoms with van der Waals surface area (Å²) >= 11 is 0. The SMILES string of the molecule is CNC(=O)C(C)NC(=O)c1cccc(C)c1. The van der Waals surface area contributed by atoms with Crippen molar-refractivity contribution in [2.45, 2.75) is 19.9 Å². The molecule has 1 unspecified atom stereocenters. The van der Waals surface area contributed by atoms with Crippen molar-refractivity contribution in [3.8, 4) is 0 Å². The third kappa shape index (κ3) is 3.08. The van der Waals surface area contributed by atoms with Crippen LogP contribution in [-0.2, 0) is 4.79 Å². The molecule has 4 nitrogen and oxygen atoms in total. The standard InChI is InChI=1S/C12H16N2O2/c1-8-5-4-6-10(7-8)12(16)14-9(2)11(15)13-3/h4-7,9H,1-3H3,(H,13,15)(H,14,16). The summed E-state index contributed by atoms with van der Waals surface area (Å²) in [6, 6.07) is 6.71. The lowest BCUT2D eigenvalue weighted by Gasteiger charge is -2.12. The van der Waals surface area contributed by atoms with Gasteiger partial charge in [0.1, 0.15) is 6.04 Å². The van der Waals surface area contributed by atoms with Crippen LogP contribution in [0.15, 0.2) is 24.3 Å². The highest BCUT2D eigenvalue weighted by molar-refractivity contribution is 5.97. The first-order valence-corrected chi connectivity index (χ1v) is 5.13. The molecule has 0 saturated heterocycles. The van der Waals surface area contributed by atoms with Gasteiger partial charge >= 0.3 is 0 Å². The Morgan fingerprint density at radius 3 is 2.56 bits per heavy atom. The van der Waals surface area contributed by atoms with E-state index in [1.165, 1.54) is 7.05 Å². The van der Waals surface area contributed by atoms with Gasteiger partial charge in [-0.15, -0.1) is 0 Å². The molecule has 1 atom stereocenters. The normalized spacial score (nSPS) is 11.7. The number of hydrogen-bond acceptors (Lipinski definition) is 2. The van der Waals surface area contributed by atoms with Crippen LogP contribution in [-0.4, -0.2) is 24.9 Å². The van der Waals surface area contributed by atoms with E-state index in [4.69, 9.17) is 0 Å². The van der Waals surface area contributed by atoms with Gasteiger partial charge in [0.2, 0.25) is 5.91 Å². The lowest BCUT2D eigenvalue weighted by Crippen LogP contribution is -2.43. The van der Waals surface area contributed by atoms with Gasteiger partial charge in [-0.2, -0.15) is 0 Å². The molecule has 1 rings (SSSR count). The van der Waals surface area contributed by atoms with E-state index in [9.17, 15) is 9.59 Å². The van der Waals surface area contributed by atoms with Crippen LogP contribution >= 0.6 is 0 Å². The number of rotatable bonds is 3. The van der Waals surface area contributed by atoms with Gasteiger partial charge in [0.25, 0.3) is 5.91 Å². The molecule has 0 aliphatic rings. The topological polar surface area (TPSA) is 58.2 Å². The number of carbonyl (C=O) groups is 2. The van der Waals surface area contributed by atoms with Crippen molar-refractivity contribution < 1.29 is 9.59 Å². The van der Waals surface area contributed by atoms with Gasteiger partial charge in [-0.05, 0) is 26.0 Å². The summed E-state index contributed by atoms with van der Waals surface area (Å²) in [6.45, 7) is 3.56. The minimum Gasteiger partial charge on any atom is -0.357 e. The fourth-order valence-corrected chi connectivity index (χ4v) is 1.35. The van der Waals surface area contributed by atoms with Crippen LogP contribution in [0.4, 0.5) is 0 Å². The molecule has 0 spiro atoms. The minimum absolute atomic E-state index is 0.207. The first-order chi connectivity index (χ1) is 7.54. The summed E-state index contributed by atoms with van der Waals surface area (Å²) in [4.78, 5) is 23.0. The molecule has 0 bridgehead atoms. The zero-order chi connectivity index (χ0) is 12.1. The lowest BCUT2D eigenvalue weighted by atomic mass is 10.1. The maximum absolute atomic E-state index is 11.7. The van der Waals surface area contributed by atoms with E-state index in [-0.39, 0.29) is 11.8 Å². The van der Waals surface area contributed by atoms with Crippen molar-refractivity contribution in [1.29, 1.82) is 0 Å². The largest absolute Gasteiger partial charge is 0.357 e. The molecule has 2 N–H and O–H groups in total. The zero-order valence-corrected chi connectivity index (χ0v) is 9.70. The van der Waals surface area contributed by atoms with Crippen molar-refractivity contribution in [3.63, 3.8) is 0 Å². The monoisotopic (exact) mass is 220 g/mol. The van der Waals surface area contributed by atoms with E-state index in [0.29, 0.717) is 5.56 Å². The summed E-state index contributed by atoms with van der Waals surface area (Å²) < 4.78 is 0. The molecule has 4 heteroatoms. The molecule has 1 aromatic carbocycles. The van der Waals surface area contributed by atoms with Crippen molar-refractivity contribution >= 4 is 11.8 Å². The van der Waals surface area contributed by atoms with E-state index in [2.05, 4.69) is 10.6 Å². The smallest absolute Gasteiger partial charge is 0.251 e. The van der Waals surface area contributed by atoms with Crippen LogP contribution in [0.2, 0.25) is 0 Å². The zero-order valence-electron chi connectivity index (χ0n) is 9.70. The highest BCUT2D eigenvalue weighted by atomic mass is 16.2. The quantitative estimate of drug-likeness (QED) is 0.793. The number of carbonyl (C=O) groups excluding carboxylic acids is 2. The van der Waals surface area contributed by atoms with E-state index < -0.39 is 6.04 Å². The number of aryl methyl sites for hydroxylation is 1. The second-order valence-corrected chi connectivity index (χ2v) is 3.68. The second-order valence-electron chi connectivity index (χ2n) is 3.68. The molecule has 0 fully saturated rings. The summed E-state index contributed by atoms with van der Waals surface area (Å²) in [6.07, 6.45) is 0. The van der Waals surface area contributed by atoms with Gasteiger partial charge in [0.15, 0.2) is 0 Å². The second kappa shape index (κ2) is 5.30. The average molecular weight is 220 g/mol. The van der Waals surface area contributed by atoms with Crippen LogP contribution in [0.3, 0.4) is 0 Å². The van der Waals surface area contributed by atoms with Gasteiger partial charge < -0.3 is 10.6 Å². The number of likely N-dealkylation sites (N-methyl/N-ethyl adjacent to an activating group) is 1. The Bertz CT molecular complexity index is 402. The van der Waals surface area contributed by atoms with Crippen LogP contribution in [0, 0.1) is 6.92 Å². The number of amides is 2. The number of benzene rings is 1. The third-order valence-electron chi connectivity index (χ3n) is 2.27. The van der Waals surface area contributed by atoms with Crippen molar-refractivity contribution in [1.82, 2.24) is 10.6 Å². The van der Waals surface area contributed by atoms with Crippen LogP contribution in [0.25, 0.3) is 0 Å². The Hall–Kier alpha value is -1.84. The van der Waals surface area contributed by atoms with Crippen molar-refractivity contribution in [3.05, 3.63) is 35.4 Å². The molecule has 86 valence electrons.